The van der Waals surface area contributed by atoms with E-state index in [-0.39, 0.29) is 35.9 Å². The number of rotatable bonds is 8. The zero-order chi connectivity index (χ0) is 29.0. The third kappa shape index (κ3) is 6.87. The van der Waals surface area contributed by atoms with Gasteiger partial charge in [0.1, 0.15) is 23.8 Å². The van der Waals surface area contributed by atoms with Gasteiger partial charge in [0.25, 0.3) is 0 Å². The van der Waals surface area contributed by atoms with Crippen LogP contribution in [-0.2, 0) is 25.5 Å². The minimum absolute atomic E-state index is 0.0891. The van der Waals surface area contributed by atoms with Crippen LogP contribution in [0.4, 0.5) is 0 Å². The molecule has 1 saturated carbocycles. The summed E-state index contributed by atoms with van der Waals surface area (Å²) in [6, 6.07) is 3.43. The molecular formula is C30H44N2O7S. The second-order valence-corrected chi connectivity index (χ2v) is 13.4. The highest BCUT2D eigenvalue weighted by molar-refractivity contribution is 7.99. The van der Waals surface area contributed by atoms with Crippen molar-refractivity contribution in [2.75, 3.05) is 18.1 Å². The molecule has 4 rings (SSSR count). The van der Waals surface area contributed by atoms with Gasteiger partial charge in [-0.15, -0.1) is 0 Å². The normalized spacial score (nSPS) is 27.3. The summed E-state index contributed by atoms with van der Waals surface area (Å²) in [5, 5.41) is 32.8. The van der Waals surface area contributed by atoms with Crippen LogP contribution in [0.5, 0.6) is 11.5 Å². The first-order valence-electron chi connectivity index (χ1n) is 14.6. The molecule has 2 heterocycles. The molecule has 2 aliphatic heterocycles. The van der Waals surface area contributed by atoms with Crippen molar-refractivity contribution in [1.29, 1.82) is 0 Å². The van der Waals surface area contributed by atoms with Crippen molar-refractivity contribution in [3.8, 4) is 11.5 Å². The molecular weight excluding hydrogens is 532 g/mol. The van der Waals surface area contributed by atoms with Crippen LogP contribution in [-0.4, -0.2) is 79.8 Å². The zero-order valence-electron chi connectivity index (χ0n) is 23.8. The first-order valence-corrected chi connectivity index (χ1v) is 15.8. The Balaban J connectivity index is 1.46. The highest BCUT2D eigenvalue weighted by Crippen LogP contribution is 2.37. The van der Waals surface area contributed by atoms with Crippen LogP contribution in [0.1, 0.15) is 71.3 Å². The first kappa shape index (κ1) is 30.5. The number of nitrogens with one attached hydrogen (secondary N) is 1. The van der Waals surface area contributed by atoms with E-state index in [1.165, 1.54) is 18.2 Å². The first-order chi connectivity index (χ1) is 19.0. The molecule has 3 fully saturated rings. The molecule has 0 radical (unpaired) electrons. The smallest absolute Gasteiger partial charge is 0.329 e. The zero-order valence-corrected chi connectivity index (χ0v) is 24.6. The largest absolute Gasteiger partial charge is 0.504 e. The van der Waals surface area contributed by atoms with Gasteiger partial charge < -0.3 is 30.3 Å². The Morgan fingerprint density at radius 3 is 2.52 bits per heavy atom. The summed E-state index contributed by atoms with van der Waals surface area (Å²) in [6.07, 6.45) is 3.33. The molecule has 0 spiro atoms. The van der Waals surface area contributed by atoms with Crippen molar-refractivity contribution in [3.63, 3.8) is 0 Å². The molecule has 3 aliphatic rings. The molecule has 1 aromatic rings. The van der Waals surface area contributed by atoms with Crippen LogP contribution in [0.3, 0.4) is 0 Å². The van der Waals surface area contributed by atoms with Gasteiger partial charge >= 0.3 is 5.97 Å². The Morgan fingerprint density at radius 1 is 1.12 bits per heavy atom. The number of ether oxygens (including phenoxy) is 1. The number of benzene rings is 1. The summed E-state index contributed by atoms with van der Waals surface area (Å²) in [7, 11) is 0. The van der Waals surface area contributed by atoms with Gasteiger partial charge in [-0.25, -0.2) is 4.79 Å². The van der Waals surface area contributed by atoms with E-state index in [4.69, 9.17) is 4.74 Å². The van der Waals surface area contributed by atoms with Crippen molar-refractivity contribution in [2.24, 2.45) is 17.8 Å². The maximum absolute atomic E-state index is 14.1. The summed E-state index contributed by atoms with van der Waals surface area (Å²) < 4.78 is 6.12. The maximum atomic E-state index is 14.1. The Kier molecular flexibility index (Phi) is 9.93. The second-order valence-electron chi connectivity index (χ2n) is 12.2. The standard InChI is InChI=1S/C30H44N2O7S/c1-18(2)21-8-6-19(3)15-26(21)39-28(37)22-5-4-12-32(22)29(38)30(10-13-40-14-11-30)31-27(36)25(35)17-20-7-9-23(33)24(34)16-20/h7,9,16,18-19,21-22,25-26,33-35H,4-6,8,10-15,17H2,1-3H3,(H,31,36)/t19-,21+,22?,25?,26-/m1/s1. The van der Waals surface area contributed by atoms with E-state index in [0.717, 1.165) is 19.3 Å². The molecule has 0 bridgehead atoms. The summed E-state index contributed by atoms with van der Waals surface area (Å²) in [4.78, 5) is 42.3. The van der Waals surface area contributed by atoms with Gasteiger partial charge in [-0.3, -0.25) is 9.59 Å². The lowest BCUT2D eigenvalue weighted by atomic mass is 9.75. The van der Waals surface area contributed by atoms with E-state index in [2.05, 4.69) is 26.1 Å². The fourth-order valence-electron chi connectivity index (χ4n) is 6.45. The number of aliphatic hydroxyl groups is 1. The van der Waals surface area contributed by atoms with Gasteiger partial charge in [0.15, 0.2) is 11.5 Å². The van der Waals surface area contributed by atoms with Crippen LogP contribution in [0.25, 0.3) is 0 Å². The quantitative estimate of drug-likeness (QED) is 0.273. The highest BCUT2D eigenvalue weighted by Gasteiger charge is 2.49. The van der Waals surface area contributed by atoms with Crippen molar-refractivity contribution in [1.82, 2.24) is 10.2 Å². The second kappa shape index (κ2) is 13.0. The predicted molar refractivity (Wildman–Crippen MR) is 153 cm³/mol. The Hall–Kier alpha value is -2.46. The minimum Gasteiger partial charge on any atom is -0.504 e. The molecule has 1 aliphatic carbocycles. The maximum Gasteiger partial charge on any atom is 0.329 e. The van der Waals surface area contributed by atoms with E-state index in [1.807, 2.05) is 0 Å². The van der Waals surface area contributed by atoms with Crippen molar-refractivity contribution >= 4 is 29.5 Å². The number of esters is 1. The van der Waals surface area contributed by atoms with Gasteiger partial charge in [-0.2, -0.15) is 11.8 Å². The van der Waals surface area contributed by atoms with Gasteiger partial charge in [-0.05, 0) is 85.5 Å². The number of thioether (sulfide) groups is 1. The molecule has 9 nitrogen and oxygen atoms in total. The SMILES string of the molecule is CC(C)[C@@H]1CC[C@@H](C)C[C@H]1OC(=O)C1CCCN1C(=O)C1(NC(=O)C(O)Cc2ccc(O)c(O)c2)CCSCC1. The lowest BCUT2D eigenvalue weighted by molar-refractivity contribution is -0.165. The number of phenolic OH excluding ortho intramolecular Hbond substituents is 2. The van der Waals surface area contributed by atoms with Crippen LogP contribution < -0.4 is 5.32 Å². The molecule has 222 valence electrons. The molecule has 40 heavy (non-hydrogen) atoms. The Labute approximate surface area is 241 Å². The third-order valence-electron chi connectivity index (χ3n) is 8.90. The monoisotopic (exact) mass is 576 g/mol. The van der Waals surface area contributed by atoms with Gasteiger partial charge in [0.05, 0.1) is 0 Å². The van der Waals surface area contributed by atoms with Crippen molar-refractivity contribution in [3.05, 3.63) is 23.8 Å². The summed E-state index contributed by atoms with van der Waals surface area (Å²) in [6.45, 7) is 6.95. The topological polar surface area (TPSA) is 136 Å². The molecule has 2 amide bonds. The average molecular weight is 577 g/mol. The molecule has 1 aromatic carbocycles. The van der Waals surface area contributed by atoms with Crippen LogP contribution in [0.15, 0.2) is 18.2 Å². The van der Waals surface area contributed by atoms with Gasteiger partial charge in [0, 0.05) is 13.0 Å². The number of likely N-dealkylation sites (tertiary alicyclic amines) is 1. The highest BCUT2D eigenvalue weighted by atomic mass is 32.2. The van der Waals surface area contributed by atoms with E-state index < -0.39 is 23.6 Å². The third-order valence-corrected chi connectivity index (χ3v) is 9.89. The van der Waals surface area contributed by atoms with Gasteiger partial charge in [-0.1, -0.05) is 33.3 Å². The van der Waals surface area contributed by atoms with Gasteiger partial charge in [0.2, 0.25) is 11.8 Å². The number of aliphatic hydroxyl groups excluding tert-OH is 1. The fraction of sp³-hybridized carbons (Fsp3) is 0.700. The van der Waals surface area contributed by atoms with Crippen molar-refractivity contribution in [2.45, 2.75) is 95.9 Å². The van der Waals surface area contributed by atoms with E-state index in [9.17, 15) is 29.7 Å². The van der Waals surface area contributed by atoms with Crippen LogP contribution in [0.2, 0.25) is 0 Å². The number of nitrogens with zero attached hydrogens (tertiary/aromatic N) is 1. The molecule has 5 atom stereocenters. The Morgan fingerprint density at radius 2 is 1.85 bits per heavy atom. The molecule has 2 unspecified atom stereocenters. The Bertz CT molecular complexity index is 1070. The molecule has 0 aromatic heterocycles. The van der Waals surface area contributed by atoms with E-state index in [1.54, 1.807) is 16.7 Å². The number of aromatic hydroxyl groups is 2. The van der Waals surface area contributed by atoms with E-state index >= 15 is 0 Å². The fourth-order valence-corrected chi connectivity index (χ4v) is 7.64. The minimum atomic E-state index is -1.45. The number of hydrogen-bond donors (Lipinski definition) is 4. The van der Waals surface area contributed by atoms with E-state index in [0.29, 0.717) is 67.1 Å². The summed E-state index contributed by atoms with van der Waals surface area (Å²) in [5.41, 5.74) is -0.736. The number of carbonyl (C=O) groups excluding carboxylic acids is 3. The lowest BCUT2D eigenvalue weighted by Gasteiger charge is -2.41. The number of carbonyl (C=O) groups is 3. The van der Waals surface area contributed by atoms with Crippen LogP contribution in [0, 0.1) is 17.8 Å². The molecule has 2 saturated heterocycles. The lowest BCUT2D eigenvalue weighted by Crippen LogP contribution is -2.64. The van der Waals surface area contributed by atoms with Crippen LogP contribution >= 0.6 is 11.8 Å². The molecule has 10 heteroatoms. The number of hydrogen-bond acceptors (Lipinski definition) is 8. The van der Waals surface area contributed by atoms with Crippen molar-refractivity contribution < 1.29 is 34.4 Å². The molecule has 4 N–H and O–H groups in total. The summed E-state index contributed by atoms with van der Waals surface area (Å²) >= 11 is 1.70. The number of amides is 2. The summed E-state index contributed by atoms with van der Waals surface area (Å²) in [5.74, 6) is 0.609. The average Bonchev–Trinajstić information content (AvgIpc) is 3.41. The number of phenols is 2. The predicted octanol–water partition coefficient (Wildman–Crippen LogP) is 3.38.